The Labute approximate surface area is 99.2 Å². The third kappa shape index (κ3) is 7.79. The van der Waals surface area contributed by atoms with E-state index >= 15 is 0 Å². The summed E-state index contributed by atoms with van der Waals surface area (Å²) in [4.78, 5) is 10.3. The van der Waals surface area contributed by atoms with E-state index < -0.39 is 11.4 Å². The second-order valence-electron chi connectivity index (χ2n) is 4.36. The molecule has 98 valence electrons. The molecule has 0 fully saturated rings. The molecule has 0 aliphatic carbocycles. The van der Waals surface area contributed by atoms with Crippen molar-refractivity contribution >= 4 is 6.29 Å². The van der Waals surface area contributed by atoms with Gasteiger partial charge in [-0.25, -0.2) is 0 Å². The van der Waals surface area contributed by atoms with Gasteiger partial charge in [0.2, 0.25) is 0 Å². The number of aliphatic hydroxyl groups is 1. The summed E-state index contributed by atoms with van der Waals surface area (Å²) in [6, 6.07) is -0.242. The second-order valence-corrected chi connectivity index (χ2v) is 4.36. The average Bonchev–Trinajstić information content (AvgIpc) is 2.15. The molecule has 0 spiro atoms. The van der Waals surface area contributed by atoms with E-state index in [1.807, 2.05) is 13.8 Å². The number of hydrogen-bond donors (Lipinski definition) is 2. The van der Waals surface area contributed by atoms with Crippen molar-refractivity contribution in [1.29, 1.82) is 0 Å². The third-order valence-electron chi connectivity index (χ3n) is 2.20. The van der Waals surface area contributed by atoms with Crippen LogP contribution in [0.15, 0.2) is 0 Å². The normalized spacial score (nSPS) is 16.8. The number of carbonyl (C=O) groups is 1. The zero-order valence-corrected chi connectivity index (χ0v) is 11.4. The number of carbonyl (C=O) groups excluding carboxylic acids is 1. The monoisotopic (exact) mass is 233 g/mol. The molecule has 0 amide bonds. The number of hydrogen-bond acceptors (Lipinski definition) is 4. The fourth-order valence-corrected chi connectivity index (χ4v) is 1.29. The fraction of sp³-hybridized carbons (Fsp3) is 0.917. The smallest absolute Gasteiger partial charge is 0.160 e. The summed E-state index contributed by atoms with van der Waals surface area (Å²) < 4.78 is 5.46. The van der Waals surface area contributed by atoms with Gasteiger partial charge in [-0.05, 0) is 34.1 Å². The number of rotatable bonds is 6. The van der Waals surface area contributed by atoms with Gasteiger partial charge >= 0.3 is 0 Å². The van der Waals surface area contributed by atoms with Crippen LogP contribution in [-0.2, 0) is 9.53 Å². The zero-order valence-electron chi connectivity index (χ0n) is 11.4. The summed E-state index contributed by atoms with van der Waals surface area (Å²) in [5.41, 5.74) is 5.10. The van der Waals surface area contributed by atoms with Gasteiger partial charge in [-0.15, -0.1) is 0 Å². The molecule has 0 bridgehead atoms. The molecule has 2 unspecified atom stereocenters. The highest BCUT2D eigenvalue weighted by atomic mass is 16.6. The maximum atomic E-state index is 10.3. The average molecular weight is 233 g/mol. The third-order valence-corrected chi connectivity index (χ3v) is 2.20. The minimum Gasteiger partial charge on any atom is -0.366 e. The van der Waals surface area contributed by atoms with E-state index in [2.05, 4.69) is 0 Å². The Balaban J connectivity index is 0. The molecule has 0 aromatic rings. The zero-order chi connectivity index (χ0) is 13.4. The Bertz CT molecular complexity index is 187. The molecule has 4 heteroatoms. The summed E-state index contributed by atoms with van der Waals surface area (Å²) in [5, 5.41) is 9.54. The van der Waals surface area contributed by atoms with Gasteiger partial charge in [0.05, 0.1) is 5.60 Å². The Morgan fingerprint density at radius 3 is 2.06 bits per heavy atom. The van der Waals surface area contributed by atoms with Crippen molar-refractivity contribution in [1.82, 2.24) is 0 Å². The van der Waals surface area contributed by atoms with E-state index in [0.29, 0.717) is 12.8 Å². The maximum absolute atomic E-state index is 10.3. The summed E-state index contributed by atoms with van der Waals surface area (Å²) >= 11 is 0. The largest absolute Gasteiger partial charge is 0.366 e. The molecule has 0 aliphatic heterocycles. The molecule has 0 saturated heterocycles. The highest BCUT2D eigenvalue weighted by Crippen LogP contribution is 2.25. The van der Waals surface area contributed by atoms with Gasteiger partial charge in [-0.3, -0.25) is 0 Å². The van der Waals surface area contributed by atoms with E-state index in [-0.39, 0.29) is 6.04 Å². The molecule has 0 radical (unpaired) electrons. The van der Waals surface area contributed by atoms with Crippen LogP contribution in [0.4, 0.5) is 0 Å². The van der Waals surface area contributed by atoms with Crippen LogP contribution < -0.4 is 5.73 Å². The van der Waals surface area contributed by atoms with Crippen LogP contribution in [-0.4, -0.2) is 28.8 Å². The van der Waals surface area contributed by atoms with Crippen LogP contribution in [0, 0.1) is 0 Å². The predicted molar refractivity (Wildman–Crippen MR) is 66.1 cm³/mol. The lowest BCUT2D eigenvalue weighted by atomic mass is 9.92. The summed E-state index contributed by atoms with van der Waals surface area (Å²) in [7, 11) is 0. The molecular weight excluding hydrogens is 206 g/mol. The maximum Gasteiger partial charge on any atom is 0.160 e. The van der Waals surface area contributed by atoms with Crippen molar-refractivity contribution in [3.8, 4) is 0 Å². The number of aldehydes is 1. The van der Waals surface area contributed by atoms with Crippen molar-refractivity contribution in [2.45, 2.75) is 71.8 Å². The molecule has 0 aromatic heterocycles. The fourth-order valence-electron chi connectivity index (χ4n) is 1.29. The first-order valence-corrected chi connectivity index (χ1v) is 5.83. The van der Waals surface area contributed by atoms with E-state index in [1.165, 1.54) is 0 Å². The van der Waals surface area contributed by atoms with Crippen molar-refractivity contribution in [2.75, 3.05) is 0 Å². The van der Waals surface area contributed by atoms with Gasteiger partial charge < -0.3 is 20.4 Å². The van der Waals surface area contributed by atoms with Gasteiger partial charge in [0.25, 0.3) is 0 Å². The van der Waals surface area contributed by atoms with Crippen molar-refractivity contribution in [3.63, 3.8) is 0 Å². The van der Waals surface area contributed by atoms with Gasteiger partial charge in [0.1, 0.15) is 6.29 Å². The summed E-state index contributed by atoms with van der Waals surface area (Å²) in [6.07, 6.45) is 1.72. The van der Waals surface area contributed by atoms with Crippen LogP contribution in [0.1, 0.15) is 54.4 Å². The van der Waals surface area contributed by atoms with Crippen LogP contribution in [0.5, 0.6) is 0 Å². The second kappa shape index (κ2) is 7.76. The molecule has 2 atom stereocenters. The number of ether oxygens (including phenoxy) is 1. The van der Waals surface area contributed by atoms with Gasteiger partial charge in [-0.1, -0.05) is 13.8 Å². The first-order chi connectivity index (χ1) is 7.21. The molecule has 0 aliphatic rings. The Morgan fingerprint density at radius 1 is 1.38 bits per heavy atom. The molecule has 0 rings (SSSR count). The first kappa shape index (κ1) is 17.9. The Morgan fingerprint density at radius 2 is 1.81 bits per heavy atom. The minimum atomic E-state index is -1.23. The highest BCUT2D eigenvalue weighted by Gasteiger charge is 2.34. The lowest BCUT2D eigenvalue weighted by Crippen LogP contribution is -2.50. The SMILES string of the molecule is CC.CC(N)C(C)(CCC=O)OC(C)(C)O. The molecule has 0 heterocycles. The lowest BCUT2D eigenvalue weighted by Gasteiger charge is -2.38. The topological polar surface area (TPSA) is 72.6 Å². The van der Waals surface area contributed by atoms with Crippen LogP contribution in [0.25, 0.3) is 0 Å². The van der Waals surface area contributed by atoms with Crippen molar-refractivity contribution in [3.05, 3.63) is 0 Å². The van der Waals surface area contributed by atoms with E-state index in [1.54, 1.807) is 27.7 Å². The quantitative estimate of drug-likeness (QED) is 0.542. The molecular formula is C12H27NO3. The molecule has 0 aromatic carbocycles. The molecule has 4 nitrogen and oxygen atoms in total. The van der Waals surface area contributed by atoms with Gasteiger partial charge in [0, 0.05) is 12.5 Å². The van der Waals surface area contributed by atoms with Crippen LogP contribution in [0.3, 0.4) is 0 Å². The summed E-state index contributed by atoms with van der Waals surface area (Å²) in [5.74, 6) is -1.23. The lowest BCUT2D eigenvalue weighted by molar-refractivity contribution is -0.247. The highest BCUT2D eigenvalue weighted by molar-refractivity contribution is 5.49. The first-order valence-electron chi connectivity index (χ1n) is 5.83. The minimum absolute atomic E-state index is 0.242. The van der Waals surface area contributed by atoms with Crippen LogP contribution in [0.2, 0.25) is 0 Å². The number of nitrogens with two attached hydrogens (primary N) is 1. The summed E-state index contributed by atoms with van der Waals surface area (Å²) in [6.45, 7) is 10.7. The van der Waals surface area contributed by atoms with Crippen molar-refractivity contribution < 1.29 is 14.6 Å². The van der Waals surface area contributed by atoms with Gasteiger partial charge in [-0.2, -0.15) is 0 Å². The Kier molecular flexibility index (Phi) is 8.70. The standard InChI is InChI=1S/C10H21NO3.C2H6/c1-8(11)10(4,6-5-7-12)14-9(2,3)13;1-2/h7-8,13H,5-6,11H2,1-4H3;1-2H3. The Hall–Kier alpha value is -0.450. The molecule has 0 saturated carbocycles. The van der Waals surface area contributed by atoms with Crippen molar-refractivity contribution in [2.24, 2.45) is 5.73 Å². The van der Waals surface area contributed by atoms with E-state index in [9.17, 15) is 9.90 Å². The predicted octanol–water partition coefficient (Wildman–Crippen LogP) is 1.84. The molecule has 3 N–H and O–H groups in total. The van der Waals surface area contributed by atoms with Crippen LogP contribution >= 0.6 is 0 Å². The van der Waals surface area contributed by atoms with Gasteiger partial charge in [0.15, 0.2) is 5.79 Å². The van der Waals surface area contributed by atoms with E-state index in [0.717, 1.165) is 6.29 Å². The van der Waals surface area contributed by atoms with E-state index in [4.69, 9.17) is 10.5 Å². The molecule has 16 heavy (non-hydrogen) atoms.